The monoisotopic (exact) mass is 464 g/mol. The van der Waals surface area contributed by atoms with Gasteiger partial charge in [-0.05, 0) is 47.0 Å². The van der Waals surface area contributed by atoms with Crippen molar-refractivity contribution in [3.63, 3.8) is 0 Å². The smallest absolute Gasteiger partial charge is 0.269 e. The van der Waals surface area contributed by atoms with Gasteiger partial charge in [-0.3, -0.25) is 14.9 Å². The Morgan fingerprint density at radius 3 is 2.43 bits per heavy atom. The minimum atomic E-state index is -1.82. The molecule has 1 fully saturated rings. The normalized spacial score (nSPS) is 21.3. The van der Waals surface area contributed by atoms with Gasteiger partial charge < -0.3 is 4.90 Å². The van der Waals surface area contributed by atoms with E-state index in [-0.39, 0.29) is 11.3 Å². The van der Waals surface area contributed by atoms with E-state index in [0.29, 0.717) is 11.1 Å². The molecule has 7 nitrogen and oxygen atoms in total. The highest BCUT2D eigenvalue weighted by Gasteiger charge is 2.64. The van der Waals surface area contributed by atoms with Crippen LogP contribution in [0.2, 0.25) is 0 Å². The summed E-state index contributed by atoms with van der Waals surface area (Å²) in [5, 5.41) is 32.4. The fourth-order valence-electron chi connectivity index (χ4n) is 5.27. The molecule has 5 rings (SSSR count). The van der Waals surface area contributed by atoms with Crippen molar-refractivity contribution in [3.8, 4) is 12.1 Å². The van der Waals surface area contributed by atoms with Crippen LogP contribution < -0.4 is 0 Å². The lowest BCUT2D eigenvalue weighted by Crippen LogP contribution is -2.35. The molecular formula is C27H17FN4O3. The zero-order valence-electron chi connectivity index (χ0n) is 18.2. The third-order valence-corrected chi connectivity index (χ3v) is 6.78. The summed E-state index contributed by atoms with van der Waals surface area (Å²) in [6.07, 6.45) is 3.57. The number of halogens is 1. The van der Waals surface area contributed by atoms with Crippen molar-refractivity contribution in [1.29, 1.82) is 10.5 Å². The number of benzene rings is 3. The second-order valence-electron chi connectivity index (χ2n) is 8.53. The topological polar surface area (TPSA) is 111 Å². The molecule has 2 heterocycles. The van der Waals surface area contributed by atoms with Crippen molar-refractivity contribution in [2.75, 3.05) is 0 Å². The molecule has 2 aliphatic rings. The van der Waals surface area contributed by atoms with Gasteiger partial charge in [-0.25, -0.2) is 4.39 Å². The molecule has 8 heteroatoms. The van der Waals surface area contributed by atoms with E-state index in [9.17, 15) is 29.8 Å². The average Bonchev–Trinajstić information content (AvgIpc) is 3.20. The van der Waals surface area contributed by atoms with Crippen LogP contribution in [0.1, 0.15) is 39.1 Å². The molecule has 3 atom stereocenters. The minimum Gasteiger partial charge on any atom is -0.360 e. The maximum absolute atomic E-state index is 13.9. The summed E-state index contributed by atoms with van der Waals surface area (Å²) in [6, 6.07) is 20.8. The quantitative estimate of drug-likeness (QED) is 0.292. The molecule has 35 heavy (non-hydrogen) atoms. The van der Waals surface area contributed by atoms with Gasteiger partial charge in [-0.1, -0.05) is 36.4 Å². The van der Waals surface area contributed by atoms with Crippen LogP contribution in [-0.2, 0) is 0 Å². The number of nitro benzene ring substituents is 1. The third kappa shape index (κ3) is 3.27. The molecule has 0 spiro atoms. The third-order valence-electron chi connectivity index (χ3n) is 6.78. The number of non-ortho nitro benzene ring substituents is 1. The van der Waals surface area contributed by atoms with E-state index in [4.69, 9.17) is 0 Å². The first-order valence-electron chi connectivity index (χ1n) is 10.8. The molecule has 0 amide bonds. The number of nitriles is 2. The first kappa shape index (κ1) is 22.0. The summed E-state index contributed by atoms with van der Waals surface area (Å²) in [7, 11) is 0. The molecule has 0 aliphatic carbocycles. The SMILES string of the molecule is N#CC1(C#N)[C@H](C(=O)c2ccc(F)cc2)[C@@H](c2cccc([N+](=O)[O-])c2)N2C=Cc3ccccc3[C@H]21. The number of carbonyl (C=O) groups excluding carboxylic acids is 1. The van der Waals surface area contributed by atoms with E-state index in [1.165, 1.54) is 30.3 Å². The van der Waals surface area contributed by atoms with Crippen molar-refractivity contribution in [3.05, 3.63) is 117 Å². The van der Waals surface area contributed by atoms with Crippen molar-refractivity contribution in [2.24, 2.45) is 11.3 Å². The first-order chi connectivity index (χ1) is 16.9. The van der Waals surface area contributed by atoms with Crippen LogP contribution in [0.15, 0.2) is 79.0 Å². The van der Waals surface area contributed by atoms with E-state index in [1.54, 1.807) is 23.2 Å². The molecule has 0 bridgehead atoms. The van der Waals surface area contributed by atoms with Gasteiger partial charge in [0.2, 0.25) is 0 Å². The zero-order chi connectivity index (χ0) is 24.7. The Morgan fingerprint density at radius 1 is 1.03 bits per heavy atom. The van der Waals surface area contributed by atoms with E-state index < -0.39 is 39.9 Å². The molecule has 0 unspecified atom stereocenters. The first-order valence-corrected chi connectivity index (χ1v) is 10.8. The summed E-state index contributed by atoms with van der Waals surface area (Å²) in [5.74, 6) is -2.24. The van der Waals surface area contributed by atoms with Gasteiger partial charge in [0.15, 0.2) is 11.2 Å². The summed E-state index contributed by atoms with van der Waals surface area (Å²) in [5.41, 5.74) is 0.126. The van der Waals surface area contributed by atoms with Crippen molar-refractivity contribution >= 4 is 17.5 Å². The predicted molar refractivity (Wildman–Crippen MR) is 124 cm³/mol. The van der Waals surface area contributed by atoms with E-state index in [2.05, 4.69) is 12.1 Å². The number of rotatable bonds is 4. The highest BCUT2D eigenvalue weighted by molar-refractivity contribution is 6.00. The van der Waals surface area contributed by atoms with Crippen LogP contribution in [0, 0.1) is 49.9 Å². The van der Waals surface area contributed by atoms with Gasteiger partial charge in [0.25, 0.3) is 5.69 Å². The maximum Gasteiger partial charge on any atom is 0.269 e. The molecular weight excluding hydrogens is 447 g/mol. The summed E-state index contributed by atoms with van der Waals surface area (Å²) < 4.78 is 13.6. The largest absolute Gasteiger partial charge is 0.360 e. The summed E-state index contributed by atoms with van der Waals surface area (Å²) in [4.78, 5) is 26.7. The van der Waals surface area contributed by atoms with E-state index >= 15 is 0 Å². The second kappa shape index (κ2) is 8.19. The number of Topliss-reactive ketones (excluding diaryl/α,β-unsaturated/α-hetero) is 1. The zero-order valence-corrected chi connectivity index (χ0v) is 18.2. The minimum absolute atomic E-state index is 0.152. The van der Waals surface area contributed by atoms with Crippen LogP contribution >= 0.6 is 0 Å². The van der Waals surface area contributed by atoms with Crippen LogP contribution in [-0.4, -0.2) is 15.6 Å². The number of ketones is 1. The van der Waals surface area contributed by atoms with Crippen molar-refractivity contribution in [1.82, 2.24) is 4.90 Å². The molecule has 2 aliphatic heterocycles. The Kier molecular flexibility index (Phi) is 5.15. The standard InChI is InChI=1S/C27H17FN4O3/c28-20-10-8-18(9-11-20)25(33)23-24(19-5-3-6-21(14-19)32(34)35)31-13-12-17-4-1-2-7-22(17)26(31)27(23,15-29)16-30/h1-14,23-24,26H/t23-,24+,26-/m0/s1. The average molecular weight is 464 g/mol. The molecule has 0 N–H and O–H groups in total. The fraction of sp³-hybridized carbons (Fsp3) is 0.148. The molecule has 170 valence electrons. The number of hydrogen-bond acceptors (Lipinski definition) is 6. The lowest BCUT2D eigenvalue weighted by atomic mass is 9.67. The number of hydrogen-bond donors (Lipinski definition) is 0. The number of nitrogens with zero attached hydrogens (tertiary/aromatic N) is 4. The maximum atomic E-state index is 13.9. The number of carbonyl (C=O) groups is 1. The van der Waals surface area contributed by atoms with Crippen LogP contribution in [0.5, 0.6) is 0 Å². The van der Waals surface area contributed by atoms with Crippen molar-refractivity contribution < 1.29 is 14.1 Å². The van der Waals surface area contributed by atoms with Crippen LogP contribution in [0.3, 0.4) is 0 Å². The fourth-order valence-corrected chi connectivity index (χ4v) is 5.27. The summed E-state index contributed by atoms with van der Waals surface area (Å²) in [6.45, 7) is 0. The highest BCUT2D eigenvalue weighted by atomic mass is 19.1. The Balaban J connectivity index is 1.78. The number of fused-ring (bicyclic) bond motifs is 3. The number of nitro groups is 1. The van der Waals surface area contributed by atoms with Gasteiger partial charge >= 0.3 is 0 Å². The molecule has 3 aromatic carbocycles. The van der Waals surface area contributed by atoms with Gasteiger partial charge in [0.05, 0.1) is 35.1 Å². The molecule has 1 saturated heterocycles. The van der Waals surface area contributed by atoms with E-state index in [1.807, 2.05) is 24.3 Å². The molecule has 0 aromatic heterocycles. The van der Waals surface area contributed by atoms with Gasteiger partial charge in [0.1, 0.15) is 5.82 Å². The molecule has 0 saturated carbocycles. The van der Waals surface area contributed by atoms with Gasteiger partial charge in [-0.15, -0.1) is 0 Å². The highest BCUT2D eigenvalue weighted by Crippen LogP contribution is 2.61. The predicted octanol–water partition coefficient (Wildman–Crippen LogP) is 5.35. The lowest BCUT2D eigenvalue weighted by Gasteiger charge is -2.35. The Hall–Kier alpha value is -4.82. The van der Waals surface area contributed by atoms with Gasteiger partial charge in [-0.2, -0.15) is 10.5 Å². The Bertz CT molecular complexity index is 1450. The van der Waals surface area contributed by atoms with E-state index in [0.717, 1.165) is 17.7 Å². The second-order valence-corrected chi connectivity index (χ2v) is 8.53. The van der Waals surface area contributed by atoms with Crippen molar-refractivity contribution in [2.45, 2.75) is 12.1 Å². The van der Waals surface area contributed by atoms with Gasteiger partial charge in [0, 0.05) is 23.9 Å². The van der Waals surface area contributed by atoms with Crippen LogP contribution in [0.4, 0.5) is 10.1 Å². The Morgan fingerprint density at radius 2 is 1.74 bits per heavy atom. The lowest BCUT2D eigenvalue weighted by molar-refractivity contribution is -0.385. The van der Waals surface area contributed by atoms with Crippen LogP contribution in [0.25, 0.3) is 6.08 Å². The molecule has 0 radical (unpaired) electrons. The Labute approximate surface area is 200 Å². The molecule has 3 aromatic rings. The summed E-state index contributed by atoms with van der Waals surface area (Å²) >= 11 is 0.